The smallest absolute Gasteiger partial charge is 0.166 e. The van der Waals surface area contributed by atoms with Gasteiger partial charge in [0.2, 0.25) is 0 Å². The average molecular weight is 551 g/mol. The molecular formula is C35H41F3O2. The van der Waals surface area contributed by atoms with Crippen molar-refractivity contribution in [1.82, 2.24) is 0 Å². The Hall–Kier alpha value is -2.89. The molecule has 1 saturated heterocycles. The van der Waals surface area contributed by atoms with Gasteiger partial charge in [0.05, 0.1) is 13.2 Å². The maximum Gasteiger partial charge on any atom is 0.166 e. The van der Waals surface area contributed by atoms with E-state index in [-0.39, 0.29) is 23.6 Å². The summed E-state index contributed by atoms with van der Waals surface area (Å²) in [5, 5.41) is 0. The summed E-state index contributed by atoms with van der Waals surface area (Å²) < 4.78 is 56.6. The minimum atomic E-state index is -0.845. The topological polar surface area (TPSA) is 18.5 Å². The number of benzene rings is 3. The average Bonchev–Trinajstić information content (AvgIpc) is 2.98. The maximum atomic E-state index is 15.2. The Morgan fingerprint density at radius 2 is 1.45 bits per heavy atom. The predicted octanol–water partition coefficient (Wildman–Crippen LogP) is 10.2. The summed E-state index contributed by atoms with van der Waals surface area (Å²) >= 11 is 0. The lowest BCUT2D eigenvalue weighted by molar-refractivity contribution is -0.190. The maximum absolute atomic E-state index is 15.2. The third-order valence-electron chi connectivity index (χ3n) is 7.70. The van der Waals surface area contributed by atoms with Crippen LogP contribution in [0.25, 0.3) is 22.3 Å². The van der Waals surface area contributed by atoms with Crippen LogP contribution in [0.1, 0.15) is 82.3 Å². The van der Waals surface area contributed by atoms with Gasteiger partial charge >= 0.3 is 0 Å². The van der Waals surface area contributed by atoms with Crippen LogP contribution in [0, 0.1) is 17.5 Å². The SMILES string of the molecule is C/C=C\CCCc1ccc(-c2ccc(-c3ccc(C4COC(CCCCCCC)OC4)cc3F)cc2)c(F)c1F. The molecule has 0 unspecified atom stereocenters. The van der Waals surface area contributed by atoms with Gasteiger partial charge in [-0.15, -0.1) is 0 Å². The largest absolute Gasteiger partial charge is 0.352 e. The second-order valence-electron chi connectivity index (χ2n) is 10.7. The highest BCUT2D eigenvalue weighted by Gasteiger charge is 2.24. The van der Waals surface area contributed by atoms with Crippen LogP contribution in [0.4, 0.5) is 13.2 Å². The van der Waals surface area contributed by atoms with E-state index in [0.29, 0.717) is 41.9 Å². The third kappa shape index (κ3) is 7.86. The number of ether oxygens (including phenoxy) is 2. The Balaban J connectivity index is 1.36. The van der Waals surface area contributed by atoms with E-state index in [0.717, 1.165) is 31.2 Å². The molecule has 0 aromatic heterocycles. The number of hydrogen-bond acceptors (Lipinski definition) is 2. The zero-order chi connectivity index (χ0) is 28.3. The summed E-state index contributed by atoms with van der Waals surface area (Å²) in [4.78, 5) is 0. The molecule has 0 saturated carbocycles. The summed E-state index contributed by atoms with van der Waals surface area (Å²) in [6.45, 7) is 5.18. The predicted molar refractivity (Wildman–Crippen MR) is 157 cm³/mol. The van der Waals surface area contributed by atoms with Crippen molar-refractivity contribution in [3.05, 3.63) is 95.3 Å². The fourth-order valence-corrected chi connectivity index (χ4v) is 5.25. The van der Waals surface area contributed by atoms with Gasteiger partial charge in [0.25, 0.3) is 0 Å². The summed E-state index contributed by atoms with van der Waals surface area (Å²) in [6, 6.07) is 15.4. The molecule has 40 heavy (non-hydrogen) atoms. The molecule has 0 spiro atoms. The Kier molecular flexibility index (Phi) is 11.4. The molecule has 0 bridgehead atoms. The molecule has 1 fully saturated rings. The summed E-state index contributed by atoms with van der Waals surface area (Å²) in [6.07, 6.45) is 12.8. The van der Waals surface area contributed by atoms with Gasteiger partial charge in [0.15, 0.2) is 17.9 Å². The monoisotopic (exact) mass is 550 g/mol. The summed E-state index contributed by atoms with van der Waals surface area (Å²) in [5.74, 6) is -1.98. The number of rotatable bonds is 13. The number of unbranched alkanes of at least 4 members (excludes halogenated alkanes) is 5. The van der Waals surface area contributed by atoms with Crippen molar-refractivity contribution in [3.8, 4) is 22.3 Å². The lowest BCUT2D eigenvalue weighted by Crippen LogP contribution is -2.30. The zero-order valence-electron chi connectivity index (χ0n) is 23.7. The molecule has 0 N–H and O–H groups in total. The first-order valence-corrected chi connectivity index (χ1v) is 14.7. The standard InChI is InChI=1S/C35H41F3O2/c1-3-5-7-9-11-13-33-39-23-29(24-40-33)28-19-20-30(32(36)22-28)25-14-16-26(17-15-25)31-21-18-27(34(37)35(31)38)12-10-8-6-4-2/h4,6,14-22,29,33H,3,5,7-13,23-24H2,1-2H3/b6-4-. The van der Waals surface area contributed by atoms with Crippen LogP contribution in [0.3, 0.4) is 0 Å². The molecule has 0 radical (unpaired) electrons. The van der Waals surface area contributed by atoms with Crippen LogP contribution in [0.15, 0.2) is 66.7 Å². The van der Waals surface area contributed by atoms with Crippen molar-refractivity contribution in [2.24, 2.45) is 0 Å². The van der Waals surface area contributed by atoms with E-state index in [1.54, 1.807) is 48.5 Å². The molecule has 0 atom stereocenters. The number of aryl methyl sites for hydroxylation is 1. The van der Waals surface area contributed by atoms with E-state index < -0.39 is 11.6 Å². The van der Waals surface area contributed by atoms with E-state index in [9.17, 15) is 8.78 Å². The Morgan fingerprint density at radius 1 is 0.775 bits per heavy atom. The van der Waals surface area contributed by atoms with Crippen molar-refractivity contribution in [2.75, 3.05) is 13.2 Å². The van der Waals surface area contributed by atoms with Crippen LogP contribution in [-0.4, -0.2) is 19.5 Å². The van der Waals surface area contributed by atoms with Crippen molar-refractivity contribution < 1.29 is 22.6 Å². The summed E-state index contributed by atoms with van der Waals surface area (Å²) in [5.41, 5.74) is 3.12. The van der Waals surface area contributed by atoms with Gasteiger partial charge in [-0.1, -0.05) is 93.3 Å². The molecule has 0 aliphatic carbocycles. The van der Waals surface area contributed by atoms with E-state index in [4.69, 9.17) is 9.47 Å². The number of hydrogen-bond donors (Lipinski definition) is 0. The second-order valence-corrected chi connectivity index (χ2v) is 10.7. The van der Waals surface area contributed by atoms with E-state index in [1.165, 1.54) is 25.7 Å². The van der Waals surface area contributed by atoms with Crippen molar-refractivity contribution in [3.63, 3.8) is 0 Å². The van der Waals surface area contributed by atoms with Crippen molar-refractivity contribution >= 4 is 0 Å². The minimum absolute atomic E-state index is 0.00813. The van der Waals surface area contributed by atoms with E-state index >= 15 is 4.39 Å². The fraction of sp³-hybridized carbons (Fsp3) is 0.429. The number of allylic oxidation sites excluding steroid dienone is 2. The highest BCUT2D eigenvalue weighted by atomic mass is 19.2. The first-order valence-electron chi connectivity index (χ1n) is 14.7. The van der Waals surface area contributed by atoms with Gasteiger partial charge in [-0.05, 0) is 67.3 Å². The van der Waals surface area contributed by atoms with Crippen LogP contribution in [0.2, 0.25) is 0 Å². The van der Waals surface area contributed by atoms with Crippen molar-refractivity contribution in [1.29, 1.82) is 0 Å². The molecule has 0 amide bonds. The first-order chi connectivity index (χ1) is 19.5. The van der Waals surface area contributed by atoms with Gasteiger partial charge in [-0.2, -0.15) is 0 Å². The quantitative estimate of drug-likeness (QED) is 0.156. The Bertz CT molecular complexity index is 1240. The van der Waals surface area contributed by atoms with Gasteiger partial charge < -0.3 is 9.47 Å². The highest BCUT2D eigenvalue weighted by Crippen LogP contribution is 2.32. The third-order valence-corrected chi connectivity index (χ3v) is 7.70. The Morgan fingerprint density at radius 3 is 2.12 bits per heavy atom. The fourth-order valence-electron chi connectivity index (χ4n) is 5.25. The zero-order valence-corrected chi connectivity index (χ0v) is 23.7. The lowest BCUT2D eigenvalue weighted by atomic mass is 9.94. The second kappa shape index (κ2) is 15.2. The molecule has 4 rings (SSSR count). The normalized spacial score (nSPS) is 17.5. The van der Waals surface area contributed by atoms with Crippen LogP contribution in [0.5, 0.6) is 0 Å². The lowest BCUT2D eigenvalue weighted by Gasteiger charge is -2.30. The summed E-state index contributed by atoms with van der Waals surface area (Å²) in [7, 11) is 0. The van der Waals surface area contributed by atoms with Gasteiger partial charge in [0.1, 0.15) is 5.82 Å². The number of halogens is 3. The molecule has 3 aromatic carbocycles. The van der Waals surface area contributed by atoms with Crippen LogP contribution in [-0.2, 0) is 15.9 Å². The molecule has 2 nitrogen and oxygen atoms in total. The van der Waals surface area contributed by atoms with Gasteiger partial charge in [-0.25, -0.2) is 13.2 Å². The minimum Gasteiger partial charge on any atom is -0.352 e. The van der Waals surface area contributed by atoms with Crippen LogP contribution >= 0.6 is 0 Å². The molecule has 5 heteroatoms. The van der Waals surface area contributed by atoms with E-state index in [1.807, 2.05) is 25.1 Å². The molecule has 1 aliphatic heterocycles. The van der Waals surface area contributed by atoms with E-state index in [2.05, 4.69) is 6.92 Å². The first kappa shape index (κ1) is 30.1. The van der Waals surface area contributed by atoms with Crippen molar-refractivity contribution in [2.45, 2.75) is 83.8 Å². The van der Waals surface area contributed by atoms with Gasteiger partial charge in [-0.3, -0.25) is 0 Å². The molecule has 3 aromatic rings. The molecule has 1 heterocycles. The molecule has 1 aliphatic rings. The van der Waals surface area contributed by atoms with Crippen LogP contribution < -0.4 is 0 Å². The highest BCUT2D eigenvalue weighted by molar-refractivity contribution is 5.71. The Labute approximate surface area is 237 Å². The molecular weight excluding hydrogens is 509 g/mol. The van der Waals surface area contributed by atoms with Gasteiger partial charge in [0, 0.05) is 17.0 Å². The molecule has 214 valence electrons.